The highest BCUT2D eigenvalue weighted by molar-refractivity contribution is 9.10. The Labute approximate surface area is 139 Å². The number of hydrogen-bond donors (Lipinski definition) is 2. The van der Waals surface area contributed by atoms with Crippen LogP contribution < -0.4 is 10.6 Å². The predicted octanol–water partition coefficient (Wildman–Crippen LogP) is 3.76. The summed E-state index contributed by atoms with van der Waals surface area (Å²) in [4.78, 5) is 11.4. The van der Waals surface area contributed by atoms with Gasteiger partial charge in [-0.2, -0.15) is 0 Å². The first-order valence-electron chi connectivity index (χ1n) is 7.04. The molecule has 0 aromatic heterocycles. The molecule has 0 spiro atoms. The second-order valence-electron chi connectivity index (χ2n) is 5.72. The summed E-state index contributed by atoms with van der Waals surface area (Å²) in [5.41, 5.74) is 0.110. The molecule has 4 nitrogen and oxygen atoms in total. The molecule has 122 valence electrons. The molecule has 0 saturated carbocycles. The number of carbonyl (C=O) groups is 1. The number of hydrogen-bond acceptors (Lipinski definition) is 3. The first kappa shape index (κ1) is 18.6. The van der Waals surface area contributed by atoms with Crippen molar-refractivity contribution in [2.75, 3.05) is 13.1 Å². The molecule has 0 aliphatic rings. The molecule has 0 aliphatic heterocycles. The van der Waals surface area contributed by atoms with Crippen LogP contribution in [0.3, 0.4) is 0 Å². The molecule has 0 radical (unpaired) electrons. The number of amides is 1. The Bertz CT molecular complexity index is 527. The Kier molecular flexibility index (Phi) is 7.55. The Balaban J connectivity index is 2.19. The Morgan fingerprint density at radius 1 is 1.32 bits per heavy atom. The fraction of sp³-hybridized carbons (Fsp3) is 0.438. The zero-order valence-electron chi connectivity index (χ0n) is 13.1. The molecule has 0 bridgehead atoms. The third-order valence-electron chi connectivity index (χ3n) is 2.52. The molecule has 0 aliphatic carbocycles. The minimum absolute atomic E-state index is 0.230. The molecule has 2 N–H and O–H groups in total. The molecular weight excluding hydrogens is 351 g/mol. The lowest BCUT2D eigenvalue weighted by molar-refractivity contribution is 0.0534. The van der Waals surface area contributed by atoms with E-state index in [-0.39, 0.29) is 5.82 Å². The molecule has 1 aromatic rings. The normalized spacial score (nSPS) is 11.7. The van der Waals surface area contributed by atoms with Gasteiger partial charge in [0, 0.05) is 29.7 Å². The summed E-state index contributed by atoms with van der Waals surface area (Å²) in [5, 5.41) is 5.73. The van der Waals surface area contributed by atoms with Gasteiger partial charge in [-0.15, -0.1) is 0 Å². The van der Waals surface area contributed by atoms with Gasteiger partial charge in [-0.25, -0.2) is 9.18 Å². The van der Waals surface area contributed by atoms with Crippen molar-refractivity contribution in [1.29, 1.82) is 0 Å². The molecular formula is C16H22BrFN2O2. The molecule has 0 unspecified atom stereocenters. The van der Waals surface area contributed by atoms with Gasteiger partial charge in [0.25, 0.3) is 0 Å². The second-order valence-corrected chi connectivity index (χ2v) is 6.64. The number of alkyl carbamates (subject to hydrolysis) is 1. The van der Waals surface area contributed by atoms with Gasteiger partial charge in [-0.05, 0) is 39.0 Å². The number of benzene rings is 1. The Morgan fingerprint density at radius 2 is 2.00 bits per heavy atom. The summed E-state index contributed by atoms with van der Waals surface area (Å²) < 4.78 is 19.4. The fourth-order valence-corrected chi connectivity index (χ4v) is 2.00. The Morgan fingerprint density at radius 3 is 2.68 bits per heavy atom. The van der Waals surface area contributed by atoms with E-state index in [1.165, 1.54) is 6.07 Å². The van der Waals surface area contributed by atoms with Crippen molar-refractivity contribution in [3.05, 3.63) is 46.2 Å². The number of nitrogens with one attached hydrogen (secondary N) is 2. The highest BCUT2D eigenvalue weighted by Crippen LogP contribution is 2.15. The third-order valence-corrected chi connectivity index (χ3v) is 3.01. The maximum Gasteiger partial charge on any atom is 0.407 e. The molecule has 0 atom stereocenters. The van der Waals surface area contributed by atoms with Crippen LogP contribution >= 0.6 is 15.9 Å². The van der Waals surface area contributed by atoms with Crippen LogP contribution in [0, 0.1) is 5.82 Å². The number of carbonyl (C=O) groups excluding carboxylic acids is 1. The minimum atomic E-state index is -0.497. The smallest absolute Gasteiger partial charge is 0.407 e. The average Bonchev–Trinajstić information content (AvgIpc) is 2.39. The van der Waals surface area contributed by atoms with Crippen LogP contribution in [0.1, 0.15) is 26.3 Å². The monoisotopic (exact) mass is 372 g/mol. The molecule has 0 saturated heterocycles. The summed E-state index contributed by atoms with van der Waals surface area (Å²) in [6.45, 7) is 6.85. The minimum Gasteiger partial charge on any atom is -0.444 e. The van der Waals surface area contributed by atoms with Gasteiger partial charge in [-0.1, -0.05) is 28.1 Å². The molecule has 1 amide bonds. The van der Waals surface area contributed by atoms with E-state index in [0.29, 0.717) is 25.2 Å². The van der Waals surface area contributed by atoms with E-state index in [0.717, 1.165) is 4.47 Å². The first-order chi connectivity index (χ1) is 10.3. The van der Waals surface area contributed by atoms with Gasteiger partial charge < -0.3 is 15.4 Å². The van der Waals surface area contributed by atoms with E-state index >= 15 is 0 Å². The summed E-state index contributed by atoms with van der Waals surface area (Å²) in [6.07, 6.45) is 3.24. The van der Waals surface area contributed by atoms with Crippen LogP contribution in [0.15, 0.2) is 34.8 Å². The van der Waals surface area contributed by atoms with E-state index < -0.39 is 11.7 Å². The van der Waals surface area contributed by atoms with Crippen molar-refractivity contribution >= 4 is 22.0 Å². The summed E-state index contributed by atoms with van der Waals surface area (Å²) in [7, 11) is 0. The van der Waals surface area contributed by atoms with E-state index in [1.54, 1.807) is 12.1 Å². The first-order valence-corrected chi connectivity index (χ1v) is 7.84. The number of ether oxygens (including phenoxy) is 1. The lowest BCUT2D eigenvalue weighted by Crippen LogP contribution is -2.32. The maximum absolute atomic E-state index is 13.5. The molecule has 1 rings (SSSR count). The SMILES string of the molecule is CC(C)(C)OC(=O)NC/C=C/CNCc1cc(Br)ccc1F. The highest BCUT2D eigenvalue weighted by atomic mass is 79.9. The van der Waals surface area contributed by atoms with Crippen LogP contribution in [0.25, 0.3) is 0 Å². The van der Waals surface area contributed by atoms with E-state index in [4.69, 9.17) is 4.74 Å². The van der Waals surface area contributed by atoms with Crippen LogP contribution in [-0.4, -0.2) is 24.8 Å². The molecule has 1 aromatic carbocycles. The topological polar surface area (TPSA) is 50.4 Å². The van der Waals surface area contributed by atoms with E-state index in [1.807, 2.05) is 32.9 Å². The van der Waals surface area contributed by atoms with Crippen molar-refractivity contribution in [1.82, 2.24) is 10.6 Å². The van der Waals surface area contributed by atoms with Crippen molar-refractivity contribution in [3.63, 3.8) is 0 Å². The summed E-state index contributed by atoms with van der Waals surface area (Å²) >= 11 is 3.31. The number of halogens is 2. The summed E-state index contributed by atoms with van der Waals surface area (Å²) in [5.74, 6) is -0.230. The molecule has 22 heavy (non-hydrogen) atoms. The lowest BCUT2D eigenvalue weighted by Gasteiger charge is -2.19. The van der Waals surface area contributed by atoms with Gasteiger partial charge in [0.1, 0.15) is 11.4 Å². The molecule has 0 fully saturated rings. The average molecular weight is 373 g/mol. The van der Waals surface area contributed by atoms with Gasteiger partial charge in [-0.3, -0.25) is 0 Å². The van der Waals surface area contributed by atoms with Crippen LogP contribution in [0.4, 0.5) is 9.18 Å². The molecule has 0 heterocycles. The molecule has 6 heteroatoms. The van der Waals surface area contributed by atoms with Crippen molar-refractivity contribution < 1.29 is 13.9 Å². The standard InChI is InChI=1S/C16H22BrFN2O2/c1-16(2,3)22-15(21)20-9-5-4-8-19-11-12-10-13(17)6-7-14(12)18/h4-7,10,19H,8-9,11H2,1-3H3,(H,20,21)/b5-4+. The number of rotatable bonds is 6. The predicted molar refractivity (Wildman–Crippen MR) is 89.2 cm³/mol. The third kappa shape index (κ3) is 8.14. The van der Waals surface area contributed by atoms with Gasteiger partial charge >= 0.3 is 6.09 Å². The highest BCUT2D eigenvalue weighted by Gasteiger charge is 2.14. The Hall–Kier alpha value is -1.40. The lowest BCUT2D eigenvalue weighted by atomic mass is 10.2. The van der Waals surface area contributed by atoms with Crippen molar-refractivity contribution in [2.24, 2.45) is 0 Å². The summed E-state index contributed by atoms with van der Waals surface area (Å²) in [6, 6.07) is 4.85. The zero-order valence-corrected chi connectivity index (χ0v) is 14.7. The van der Waals surface area contributed by atoms with E-state index in [2.05, 4.69) is 26.6 Å². The van der Waals surface area contributed by atoms with Gasteiger partial charge in [0.2, 0.25) is 0 Å². The van der Waals surface area contributed by atoms with Crippen LogP contribution in [0.5, 0.6) is 0 Å². The largest absolute Gasteiger partial charge is 0.444 e. The van der Waals surface area contributed by atoms with Gasteiger partial charge in [0.15, 0.2) is 0 Å². The van der Waals surface area contributed by atoms with Crippen molar-refractivity contribution in [2.45, 2.75) is 32.9 Å². The van der Waals surface area contributed by atoms with Gasteiger partial charge in [0.05, 0.1) is 0 Å². The van der Waals surface area contributed by atoms with Crippen LogP contribution in [-0.2, 0) is 11.3 Å². The van der Waals surface area contributed by atoms with Crippen LogP contribution in [0.2, 0.25) is 0 Å². The second kappa shape index (κ2) is 8.90. The zero-order chi connectivity index (χ0) is 16.6. The maximum atomic E-state index is 13.5. The quantitative estimate of drug-likeness (QED) is 0.590. The fourth-order valence-electron chi connectivity index (χ4n) is 1.59. The van der Waals surface area contributed by atoms with Crippen molar-refractivity contribution in [3.8, 4) is 0 Å². The van der Waals surface area contributed by atoms with E-state index in [9.17, 15) is 9.18 Å².